The Kier molecular flexibility index (Phi) is 5.40. The number of nitrogens with one attached hydrogen (secondary N) is 1. The van der Waals surface area contributed by atoms with Gasteiger partial charge >= 0.3 is 5.97 Å². The van der Waals surface area contributed by atoms with Crippen LogP contribution in [0.1, 0.15) is 15.9 Å². The van der Waals surface area contributed by atoms with E-state index < -0.39 is 0 Å². The van der Waals surface area contributed by atoms with Gasteiger partial charge in [0.05, 0.1) is 18.4 Å². The molecule has 0 fully saturated rings. The molecule has 2 aromatic rings. The minimum atomic E-state index is -0.343. The predicted octanol–water partition coefficient (Wildman–Crippen LogP) is 3.33. The summed E-state index contributed by atoms with van der Waals surface area (Å²) in [7, 11) is 1.37. The second-order valence-corrected chi connectivity index (χ2v) is 5.26. The van der Waals surface area contributed by atoms with Crippen LogP contribution in [0.25, 0.3) is 0 Å². The largest absolute Gasteiger partial charge is 0.465 e. The smallest absolute Gasteiger partial charge is 0.337 e. The normalized spacial score (nSPS) is 9.95. The number of rotatable bonds is 6. The Balaban J connectivity index is 2.10. The first-order valence-electron chi connectivity index (χ1n) is 6.34. The number of benzene rings is 2. The standard InChI is InChI=1S/C16H15NO3S/c1-20-16(19)13-6-4-5-12(9-13)10-21-15-8-3-2-7-14(15)17-11-18/h2-9,11H,10H2,1H3,(H,17,18). The van der Waals surface area contributed by atoms with E-state index in [0.29, 0.717) is 17.7 Å². The third kappa shape index (κ3) is 4.10. The number of carbonyl (C=O) groups is 2. The number of carbonyl (C=O) groups excluding carboxylic acids is 2. The average molecular weight is 301 g/mol. The van der Waals surface area contributed by atoms with E-state index in [1.54, 1.807) is 17.8 Å². The van der Waals surface area contributed by atoms with Crippen LogP contribution in [0.2, 0.25) is 0 Å². The molecule has 0 aliphatic carbocycles. The van der Waals surface area contributed by atoms with E-state index in [2.05, 4.69) is 5.32 Å². The second kappa shape index (κ2) is 7.50. The van der Waals surface area contributed by atoms with Crippen molar-refractivity contribution in [2.24, 2.45) is 0 Å². The molecule has 0 spiro atoms. The van der Waals surface area contributed by atoms with E-state index in [4.69, 9.17) is 4.74 Å². The summed E-state index contributed by atoms with van der Waals surface area (Å²) in [4.78, 5) is 23.1. The van der Waals surface area contributed by atoms with Crippen molar-refractivity contribution in [1.82, 2.24) is 0 Å². The average Bonchev–Trinajstić information content (AvgIpc) is 2.54. The van der Waals surface area contributed by atoms with E-state index in [-0.39, 0.29) is 5.97 Å². The molecule has 5 heteroatoms. The first-order chi connectivity index (χ1) is 10.2. The molecule has 21 heavy (non-hydrogen) atoms. The molecule has 0 radical (unpaired) electrons. The van der Waals surface area contributed by atoms with Gasteiger partial charge in [-0.15, -0.1) is 11.8 Å². The maximum Gasteiger partial charge on any atom is 0.337 e. The van der Waals surface area contributed by atoms with Gasteiger partial charge in [-0.1, -0.05) is 24.3 Å². The Labute approximate surface area is 127 Å². The highest BCUT2D eigenvalue weighted by molar-refractivity contribution is 7.98. The molecule has 2 rings (SSSR count). The number of ether oxygens (including phenoxy) is 1. The zero-order valence-electron chi connectivity index (χ0n) is 11.5. The van der Waals surface area contributed by atoms with E-state index in [9.17, 15) is 9.59 Å². The van der Waals surface area contributed by atoms with Crippen LogP contribution in [-0.2, 0) is 15.3 Å². The Hall–Kier alpha value is -2.27. The van der Waals surface area contributed by atoms with Crippen LogP contribution in [0.5, 0.6) is 0 Å². The van der Waals surface area contributed by atoms with Gasteiger partial charge in [0, 0.05) is 10.6 Å². The Morgan fingerprint density at radius 3 is 2.81 bits per heavy atom. The van der Waals surface area contributed by atoms with Crippen molar-refractivity contribution >= 4 is 29.8 Å². The molecular formula is C16H15NO3S. The Morgan fingerprint density at radius 1 is 1.24 bits per heavy atom. The molecule has 0 heterocycles. The number of hydrogen-bond acceptors (Lipinski definition) is 4. The molecule has 0 bridgehead atoms. The van der Waals surface area contributed by atoms with Crippen molar-refractivity contribution in [2.45, 2.75) is 10.6 Å². The topological polar surface area (TPSA) is 55.4 Å². The Morgan fingerprint density at radius 2 is 2.05 bits per heavy atom. The molecule has 2 aromatic carbocycles. The van der Waals surface area contributed by atoms with Crippen molar-refractivity contribution in [3.05, 3.63) is 59.7 Å². The highest BCUT2D eigenvalue weighted by Gasteiger charge is 2.07. The lowest BCUT2D eigenvalue weighted by atomic mass is 10.1. The summed E-state index contributed by atoms with van der Waals surface area (Å²) >= 11 is 1.59. The van der Waals surface area contributed by atoms with Crippen LogP contribution in [0.15, 0.2) is 53.4 Å². The van der Waals surface area contributed by atoms with Gasteiger partial charge in [0.2, 0.25) is 6.41 Å². The maximum atomic E-state index is 11.5. The highest BCUT2D eigenvalue weighted by atomic mass is 32.2. The van der Waals surface area contributed by atoms with Crippen molar-refractivity contribution in [1.29, 1.82) is 0 Å². The lowest BCUT2D eigenvalue weighted by Gasteiger charge is -2.08. The summed E-state index contributed by atoms with van der Waals surface area (Å²) in [5, 5.41) is 2.68. The van der Waals surface area contributed by atoms with Gasteiger partial charge in [-0.25, -0.2) is 4.79 Å². The van der Waals surface area contributed by atoms with Crippen LogP contribution in [0.3, 0.4) is 0 Å². The van der Waals surface area contributed by atoms with Crippen LogP contribution >= 0.6 is 11.8 Å². The number of amides is 1. The molecule has 0 aliphatic rings. The number of thioether (sulfide) groups is 1. The van der Waals surface area contributed by atoms with Gasteiger partial charge in [0.15, 0.2) is 0 Å². The molecule has 0 saturated heterocycles. The number of hydrogen-bond donors (Lipinski definition) is 1. The van der Waals surface area contributed by atoms with Crippen molar-refractivity contribution < 1.29 is 14.3 Å². The number of methoxy groups -OCH3 is 1. The summed E-state index contributed by atoms with van der Waals surface area (Å²) in [5.74, 6) is 0.354. The van der Waals surface area contributed by atoms with Crippen molar-refractivity contribution in [2.75, 3.05) is 12.4 Å². The van der Waals surface area contributed by atoms with Crippen LogP contribution in [0, 0.1) is 0 Å². The molecule has 0 aliphatic heterocycles. The van der Waals surface area contributed by atoms with Crippen LogP contribution < -0.4 is 5.32 Å². The zero-order chi connectivity index (χ0) is 15.1. The molecule has 0 aromatic heterocycles. The van der Waals surface area contributed by atoms with Gasteiger partial charge < -0.3 is 10.1 Å². The molecule has 1 amide bonds. The lowest BCUT2D eigenvalue weighted by molar-refractivity contribution is -0.105. The van der Waals surface area contributed by atoms with E-state index in [1.165, 1.54) is 7.11 Å². The zero-order valence-corrected chi connectivity index (χ0v) is 12.4. The summed E-state index contributed by atoms with van der Waals surface area (Å²) in [6.07, 6.45) is 0.664. The third-order valence-corrected chi connectivity index (χ3v) is 3.99. The van der Waals surface area contributed by atoms with Crippen LogP contribution in [0.4, 0.5) is 5.69 Å². The molecule has 1 N–H and O–H groups in total. The minimum Gasteiger partial charge on any atom is -0.465 e. The van der Waals surface area contributed by atoms with Gasteiger partial charge in [0.1, 0.15) is 0 Å². The Bertz CT molecular complexity index is 643. The maximum absolute atomic E-state index is 11.5. The fourth-order valence-electron chi connectivity index (χ4n) is 1.84. The molecule has 0 atom stereocenters. The predicted molar refractivity (Wildman–Crippen MR) is 83.5 cm³/mol. The number of esters is 1. The van der Waals surface area contributed by atoms with E-state index in [1.807, 2.05) is 42.5 Å². The summed E-state index contributed by atoms with van der Waals surface area (Å²) in [6.45, 7) is 0. The first-order valence-corrected chi connectivity index (χ1v) is 7.32. The van der Waals surface area contributed by atoms with Crippen molar-refractivity contribution in [3.8, 4) is 0 Å². The monoisotopic (exact) mass is 301 g/mol. The number of anilines is 1. The van der Waals surface area contributed by atoms with Crippen LogP contribution in [-0.4, -0.2) is 19.5 Å². The van der Waals surface area contributed by atoms with Crippen molar-refractivity contribution in [3.63, 3.8) is 0 Å². The van der Waals surface area contributed by atoms with Gasteiger partial charge in [0.25, 0.3) is 0 Å². The molecule has 0 unspecified atom stereocenters. The van der Waals surface area contributed by atoms with E-state index >= 15 is 0 Å². The molecule has 108 valence electrons. The minimum absolute atomic E-state index is 0.343. The van der Waals surface area contributed by atoms with Gasteiger partial charge in [-0.2, -0.15) is 0 Å². The lowest BCUT2D eigenvalue weighted by Crippen LogP contribution is -2.01. The second-order valence-electron chi connectivity index (χ2n) is 4.24. The summed E-state index contributed by atoms with van der Waals surface area (Å²) in [6, 6.07) is 14.9. The quantitative estimate of drug-likeness (QED) is 0.505. The number of para-hydroxylation sites is 1. The fourth-order valence-corrected chi connectivity index (χ4v) is 2.80. The summed E-state index contributed by atoms with van der Waals surface area (Å²) in [5.41, 5.74) is 2.33. The highest BCUT2D eigenvalue weighted by Crippen LogP contribution is 2.29. The molecule has 0 saturated carbocycles. The third-order valence-electron chi connectivity index (χ3n) is 2.84. The summed E-state index contributed by atoms with van der Waals surface area (Å²) < 4.78 is 4.71. The fraction of sp³-hybridized carbons (Fsp3) is 0.125. The SMILES string of the molecule is COC(=O)c1cccc(CSc2ccccc2NC=O)c1. The molecular weight excluding hydrogens is 286 g/mol. The van der Waals surface area contributed by atoms with Gasteiger partial charge in [-0.05, 0) is 29.8 Å². The first kappa shape index (κ1) is 15.1. The van der Waals surface area contributed by atoms with E-state index in [0.717, 1.165) is 16.1 Å². The molecule has 4 nitrogen and oxygen atoms in total. The van der Waals surface area contributed by atoms with Gasteiger partial charge in [-0.3, -0.25) is 4.79 Å².